The quantitative estimate of drug-likeness (QED) is 0.581. The van der Waals surface area contributed by atoms with Crippen molar-refractivity contribution in [2.24, 2.45) is 0 Å². The smallest absolute Gasteiger partial charge is 0.321 e. The molecule has 1 aliphatic rings. The normalized spacial score (nSPS) is 21.6. The highest BCUT2D eigenvalue weighted by atomic mass is 16.6. The second-order valence-corrected chi connectivity index (χ2v) is 3.77. The molecule has 1 aliphatic heterocycles. The van der Waals surface area contributed by atoms with Crippen molar-refractivity contribution < 1.29 is 19.1 Å². The minimum atomic E-state index is -0.513. The van der Waals surface area contributed by atoms with Crippen LogP contribution in [0.2, 0.25) is 0 Å². The summed E-state index contributed by atoms with van der Waals surface area (Å²) in [5, 5.41) is 7.49. The lowest BCUT2D eigenvalue weighted by atomic mass is 10.2. The lowest BCUT2D eigenvalue weighted by molar-refractivity contribution is -0.122. The van der Waals surface area contributed by atoms with Crippen LogP contribution in [0.3, 0.4) is 0 Å². The SMILES string of the molecule is CNC(=O)NC(=O)C(C)NCC1COCCO1. The van der Waals surface area contributed by atoms with Crippen molar-refractivity contribution in [1.29, 1.82) is 0 Å². The highest BCUT2D eigenvalue weighted by molar-refractivity contribution is 5.96. The Hall–Kier alpha value is -1.18. The number of urea groups is 1. The lowest BCUT2D eigenvalue weighted by Gasteiger charge is -2.24. The topological polar surface area (TPSA) is 88.7 Å². The van der Waals surface area contributed by atoms with Crippen molar-refractivity contribution in [2.45, 2.75) is 19.1 Å². The Morgan fingerprint density at radius 1 is 1.41 bits per heavy atom. The summed E-state index contributed by atoms with van der Waals surface area (Å²) >= 11 is 0. The summed E-state index contributed by atoms with van der Waals surface area (Å²) < 4.78 is 10.6. The van der Waals surface area contributed by atoms with Gasteiger partial charge in [0.1, 0.15) is 0 Å². The van der Waals surface area contributed by atoms with Crippen LogP contribution in [0.1, 0.15) is 6.92 Å². The van der Waals surface area contributed by atoms with E-state index in [1.165, 1.54) is 7.05 Å². The minimum absolute atomic E-state index is 0.0426. The molecule has 7 nitrogen and oxygen atoms in total. The molecule has 1 heterocycles. The summed E-state index contributed by atoms with van der Waals surface area (Å²) in [6, 6.07) is -0.973. The summed E-state index contributed by atoms with van der Waals surface area (Å²) in [6.45, 7) is 3.91. The minimum Gasteiger partial charge on any atom is -0.376 e. The van der Waals surface area contributed by atoms with E-state index < -0.39 is 12.1 Å². The fourth-order valence-corrected chi connectivity index (χ4v) is 1.34. The Bertz CT molecular complexity index is 266. The molecule has 0 aromatic heterocycles. The molecule has 2 atom stereocenters. The van der Waals surface area contributed by atoms with E-state index in [9.17, 15) is 9.59 Å². The van der Waals surface area contributed by atoms with E-state index in [1.807, 2.05) is 0 Å². The Kier molecular flexibility index (Phi) is 5.88. The maximum atomic E-state index is 11.5. The van der Waals surface area contributed by atoms with Crippen LogP contribution < -0.4 is 16.0 Å². The van der Waals surface area contributed by atoms with Gasteiger partial charge in [0, 0.05) is 13.6 Å². The predicted molar refractivity (Wildman–Crippen MR) is 60.6 cm³/mol. The Morgan fingerprint density at radius 3 is 2.76 bits per heavy atom. The lowest BCUT2D eigenvalue weighted by Crippen LogP contribution is -2.49. The number of carbonyl (C=O) groups excluding carboxylic acids is 2. The number of rotatable bonds is 4. The summed E-state index contributed by atoms with van der Waals surface area (Å²) in [5.74, 6) is -0.374. The highest BCUT2D eigenvalue weighted by Crippen LogP contribution is 1.99. The maximum Gasteiger partial charge on any atom is 0.321 e. The Balaban J connectivity index is 2.21. The number of amides is 3. The first kappa shape index (κ1) is 13.9. The molecule has 0 spiro atoms. The largest absolute Gasteiger partial charge is 0.376 e. The van der Waals surface area contributed by atoms with E-state index in [2.05, 4.69) is 16.0 Å². The fourth-order valence-electron chi connectivity index (χ4n) is 1.34. The van der Waals surface area contributed by atoms with Gasteiger partial charge in [0.05, 0.1) is 32.0 Å². The molecule has 0 radical (unpaired) electrons. The number of hydrogen-bond donors (Lipinski definition) is 3. The fraction of sp³-hybridized carbons (Fsp3) is 0.800. The summed E-state index contributed by atoms with van der Waals surface area (Å²) in [7, 11) is 1.45. The third kappa shape index (κ3) is 5.12. The second-order valence-electron chi connectivity index (χ2n) is 3.77. The van der Waals surface area contributed by atoms with Gasteiger partial charge in [-0.1, -0.05) is 0 Å². The van der Waals surface area contributed by atoms with Crippen LogP contribution >= 0.6 is 0 Å². The van der Waals surface area contributed by atoms with Gasteiger partial charge in [0.15, 0.2) is 0 Å². The van der Waals surface area contributed by atoms with Gasteiger partial charge in [0.25, 0.3) is 0 Å². The maximum absolute atomic E-state index is 11.5. The Morgan fingerprint density at radius 2 is 2.18 bits per heavy atom. The van der Waals surface area contributed by atoms with E-state index in [0.717, 1.165) is 0 Å². The number of hydrogen-bond acceptors (Lipinski definition) is 5. The molecule has 0 saturated carbocycles. The van der Waals surface area contributed by atoms with Crippen molar-refractivity contribution >= 4 is 11.9 Å². The predicted octanol–water partition coefficient (Wildman–Crippen LogP) is -1.16. The van der Waals surface area contributed by atoms with Crippen LogP contribution in [0.4, 0.5) is 4.79 Å². The van der Waals surface area contributed by atoms with E-state index in [-0.39, 0.29) is 12.0 Å². The highest BCUT2D eigenvalue weighted by Gasteiger charge is 2.18. The van der Waals surface area contributed by atoms with E-state index in [0.29, 0.717) is 26.4 Å². The van der Waals surface area contributed by atoms with Gasteiger partial charge < -0.3 is 20.1 Å². The Labute approximate surface area is 100 Å². The van der Waals surface area contributed by atoms with Crippen LogP contribution in [0, 0.1) is 0 Å². The molecule has 3 N–H and O–H groups in total. The van der Waals surface area contributed by atoms with Gasteiger partial charge in [0.2, 0.25) is 5.91 Å². The summed E-state index contributed by atoms with van der Waals surface area (Å²) in [4.78, 5) is 22.4. The monoisotopic (exact) mass is 245 g/mol. The molecular weight excluding hydrogens is 226 g/mol. The van der Waals surface area contributed by atoms with Gasteiger partial charge in [-0.05, 0) is 6.92 Å². The van der Waals surface area contributed by atoms with Gasteiger partial charge in [-0.2, -0.15) is 0 Å². The van der Waals surface area contributed by atoms with Crippen molar-refractivity contribution in [3.63, 3.8) is 0 Å². The molecule has 3 amide bonds. The molecule has 1 saturated heterocycles. The molecule has 0 aliphatic carbocycles. The van der Waals surface area contributed by atoms with Crippen LogP contribution in [0.15, 0.2) is 0 Å². The van der Waals surface area contributed by atoms with E-state index >= 15 is 0 Å². The molecule has 98 valence electrons. The first-order valence-corrected chi connectivity index (χ1v) is 5.58. The summed E-state index contributed by atoms with van der Waals surface area (Å²) in [5.41, 5.74) is 0. The molecule has 7 heteroatoms. The molecule has 17 heavy (non-hydrogen) atoms. The molecule has 1 fully saturated rings. The summed E-state index contributed by atoms with van der Waals surface area (Å²) in [6.07, 6.45) is -0.0426. The zero-order chi connectivity index (χ0) is 12.7. The zero-order valence-corrected chi connectivity index (χ0v) is 10.1. The van der Waals surface area contributed by atoms with Crippen LogP contribution in [0.5, 0.6) is 0 Å². The third-order valence-corrected chi connectivity index (χ3v) is 2.39. The van der Waals surface area contributed by atoms with E-state index in [1.54, 1.807) is 6.92 Å². The van der Waals surface area contributed by atoms with E-state index in [4.69, 9.17) is 9.47 Å². The van der Waals surface area contributed by atoms with Crippen molar-refractivity contribution in [3.05, 3.63) is 0 Å². The number of imide groups is 1. The average Bonchev–Trinajstić information content (AvgIpc) is 2.36. The van der Waals surface area contributed by atoms with Crippen molar-refractivity contribution in [1.82, 2.24) is 16.0 Å². The third-order valence-electron chi connectivity index (χ3n) is 2.39. The molecule has 0 bridgehead atoms. The average molecular weight is 245 g/mol. The van der Waals surface area contributed by atoms with Gasteiger partial charge in [-0.3, -0.25) is 10.1 Å². The molecule has 0 aromatic rings. The molecule has 2 unspecified atom stereocenters. The van der Waals surface area contributed by atoms with Gasteiger partial charge in [-0.15, -0.1) is 0 Å². The molecule has 1 rings (SSSR count). The molecular formula is C10H19N3O4. The van der Waals surface area contributed by atoms with Crippen molar-refractivity contribution in [3.8, 4) is 0 Å². The van der Waals surface area contributed by atoms with Crippen molar-refractivity contribution in [2.75, 3.05) is 33.4 Å². The van der Waals surface area contributed by atoms with Gasteiger partial charge in [-0.25, -0.2) is 4.79 Å². The number of ether oxygens (including phenoxy) is 2. The van der Waals surface area contributed by atoms with Gasteiger partial charge >= 0.3 is 6.03 Å². The first-order valence-electron chi connectivity index (χ1n) is 5.58. The number of carbonyl (C=O) groups is 2. The standard InChI is InChI=1S/C10H19N3O4/c1-7(9(14)13-10(15)11-2)12-5-8-6-16-3-4-17-8/h7-8,12H,3-6H2,1-2H3,(H2,11,13,14,15). The van der Waals surface area contributed by atoms with Crippen LogP contribution in [-0.4, -0.2) is 57.5 Å². The molecule has 0 aromatic carbocycles. The first-order chi connectivity index (χ1) is 8.13. The second kappa shape index (κ2) is 7.21. The van der Waals surface area contributed by atoms with Crippen LogP contribution in [-0.2, 0) is 14.3 Å². The number of nitrogens with one attached hydrogen (secondary N) is 3. The van der Waals surface area contributed by atoms with Crippen LogP contribution in [0.25, 0.3) is 0 Å². The zero-order valence-electron chi connectivity index (χ0n) is 10.1.